The minimum absolute atomic E-state index is 0.184. The van der Waals surface area contributed by atoms with Gasteiger partial charge in [0.15, 0.2) is 6.10 Å². The molecule has 0 aromatic rings. The Bertz CT molecular complexity index is 993. The summed E-state index contributed by atoms with van der Waals surface area (Å²) < 4.78 is 32.8. The molecular weight excluding hydrogens is 767 g/mol. The molecule has 0 spiro atoms. The number of rotatable bonds is 47. The predicted molar refractivity (Wildman–Crippen MR) is 242 cm³/mol. The van der Waals surface area contributed by atoms with E-state index in [2.05, 4.69) is 26.0 Å². The van der Waals surface area contributed by atoms with Crippen molar-refractivity contribution < 1.29 is 47.8 Å². The maximum absolute atomic E-state index is 12.7. The molecule has 0 aliphatic rings. The molecule has 0 amide bonds. The second-order valence-corrected chi connectivity index (χ2v) is 18.3. The lowest BCUT2D eigenvalue weighted by Crippen LogP contribution is -2.29. The van der Waals surface area contributed by atoms with Gasteiger partial charge in [0.2, 0.25) is 0 Å². The summed E-state index contributed by atoms with van der Waals surface area (Å²) in [6.07, 6.45) is 44.6. The Hall–Kier alpha value is -1.29. The van der Waals surface area contributed by atoms with Gasteiger partial charge in [-0.3, -0.25) is 18.6 Å². The molecule has 0 bridgehead atoms. The summed E-state index contributed by atoms with van der Waals surface area (Å²) in [7, 11) is -4.62. The standard InChI is InChI=1S/C48H93O10P/c1-3-5-7-9-11-13-15-17-19-21-23-25-27-29-31-33-35-37-39-47(51)55-43-46(44-57-59(53,54)56-42-45(50)41-49)58-48(52)40-38-36-34-32-30-28-26-24-22-20-18-16-14-12-10-8-6-4-2/h20,22,45-46,49-50H,3-19,21,23-44H2,1-2H3,(H,53,54)/b22-20-. The second-order valence-electron chi connectivity index (χ2n) is 16.8. The summed E-state index contributed by atoms with van der Waals surface area (Å²) in [5, 5.41) is 18.4. The van der Waals surface area contributed by atoms with Crippen LogP contribution in [0.25, 0.3) is 0 Å². The quantitative estimate of drug-likeness (QED) is 0.0234. The van der Waals surface area contributed by atoms with Crippen molar-refractivity contribution in [2.24, 2.45) is 0 Å². The first kappa shape index (κ1) is 57.7. The van der Waals surface area contributed by atoms with Crippen molar-refractivity contribution in [1.82, 2.24) is 0 Å². The van der Waals surface area contributed by atoms with Gasteiger partial charge in [0.25, 0.3) is 0 Å². The summed E-state index contributed by atoms with van der Waals surface area (Å²) in [6.45, 7) is 2.42. The van der Waals surface area contributed by atoms with E-state index in [1.54, 1.807) is 0 Å². The molecule has 3 atom stereocenters. The molecule has 0 saturated carbocycles. The number of ether oxygens (including phenoxy) is 2. The van der Waals surface area contributed by atoms with E-state index < -0.39 is 51.8 Å². The minimum Gasteiger partial charge on any atom is -0.462 e. The number of allylic oxidation sites excluding steroid dienone is 2. The van der Waals surface area contributed by atoms with Gasteiger partial charge in [-0.15, -0.1) is 0 Å². The Morgan fingerprint density at radius 2 is 0.831 bits per heavy atom. The third kappa shape index (κ3) is 44.6. The molecule has 0 aromatic heterocycles. The van der Waals surface area contributed by atoms with Crippen molar-refractivity contribution >= 4 is 19.8 Å². The summed E-state index contributed by atoms with van der Waals surface area (Å²) in [5.74, 6) is -0.914. The zero-order chi connectivity index (χ0) is 43.3. The van der Waals surface area contributed by atoms with Crippen LogP contribution in [0.15, 0.2) is 12.2 Å². The number of aliphatic hydroxyl groups excluding tert-OH is 2. The molecule has 350 valence electrons. The topological polar surface area (TPSA) is 149 Å². The SMILES string of the molecule is CCCCCCCCC/C=C\CCCCCCCCCC(=O)OC(COC(=O)CCCCCCCCCCCCCCCCCCCC)COP(=O)(O)OCC(O)CO. The van der Waals surface area contributed by atoms with Crippen LogP contribution in [-0.4, -0.2) is 65.7 Å². The molecule has 10 nitrogen and oxygen atoms in total. The van der Waals surface area contributed by atoms with Crippen LogP contribution >= 0.6 is 7.82 Å². The highest BCUT2D eigenvalue weighted by molar-refractivity contribution is 7.47. The van der Waals surface area contributed by atoms with Gasteiger partial charge in [0.05, 0.1) is 19.8 Å². The van der Waals surface area contributed by atoms with Crippen LogP contribution in [0.4, 0.5) is 0 Å². The van der Waals surface area contributed by atoms with E-state index in [1.165, 1.54) is 167 Å². The summed E-state index contributed by atoms with van der Waals surface area (Å²) in [6, 6.07) is 0. The lowest BCUT2D eigenvalue weighted by molar-refractivity contribution is -0.161. The van der Waals surface area contributed by atoms with Gasteiger partial charge in [-0.1, -0.05) is 206 Å². The normalized spacial score (nSPS) is 13.8. The summed E-state index contributed by atoms with van der Waals surface area (Å²) in [4.78, 5) is 35.1. The van der Waals surface area contributed by atoms with Gasteiger partial charge in [-0.25, -0.2) is 4.57 Å². The minimum atomic E-state index is -4.62. The fourth-order valence-electron chi connectivity index (χ4n) is 7.11. The van der Waals surface area contributed by atoms with E-state index in [0.29, 0.717) is 12.8 Å². The van der Waals surface area contributed by atoms with E-state index in [4.69, 9.17) is 23.6 Å². The molecule has 0 radical (unpaired) electrons. The van der Waals surface area contributed by atoms with Crippen molar-refractivity contribution in [2.45, 2.75) is 257 Å². The maximum Gasteiger partial charge on any atom is 0.472 e. The Balaban J connectivity index is 4.18. The number of phosphoric ester groups is 1. The van der Waals surface area contributed by atoms with Crippen LogP contribution in [0.3, 0.4) is 0 Å². The third-order valence-corrected chi connectivity index (χ3v) is 11.9. The van der Waals surface area contributed by atoms with Gasteiger partial charge in [0, 0.05) is 12.8 Å². The van der Waals surface area contributed by atoms with Crippen molar-refractivity contribution in [3.8, 4) is 0 Å². The van der Waals surface area contributed by atoms with Crippen LogP contribution in [-0.2, 0) is 32.7 Å². The number of aliphatic hydroxyl groups is 2. The fraction of sp³-hybridized carbons (Fsp3) is 0.917. The fourth-order valence-corrected chi connectivity index (χ4v) is 7.90. The lowest BCUT2D eigenvalue weighted by atomic mass is 10.0. The number of hydrogen-bond donors (Lipinski definition) is 3. The number of hydrogen-bond acceptors (Lipinski definition) is 9. The highest BCUT2D eigenvalue weighted by Crippen LogP contribution is 2.43. The van der Waals surface area contributed by atoms with Crippen LogP contribution in [0.5, 0.6) is 0 Å². The van der Waals surface area contributed by atoms with Gasteiger partial charge >= 0.3 is 19.8 Å². The molecule has 0 fully saturated rings. The molecule has 0 aromatic carbocycles. The molecule has 3 N–H and O–H groups in total. The van der Waals surface area contributed by atoms with E-state index in [1.807, 2.05) is 0 Å². The first-order valence-corrected chi connectivity index (χ1v) is 26.1. The predicted octanol–water partition coefficient (Wildman–Crippen LogP) is 13.6. The summed E-state index contributed by atoms with van der Waals surface area (Å²) in [5.41, 5.74) is 0. The van der Waals surface area contributed by atoms with Crippen LogP contribution in [0.1, 0.15) is 245 Å². The molecule has 11 heteroatoms. The van der Waals surface area contributed by atoms with Gasteiger partial charge in [-0.05, 0) is 38.5 Å². The maximum atomic E-state index is 12.7. The van der Waals surface area contributed by atoms with Gasteiger partial charge in [-0.2, -0.15) is 0 Å². The Morgan fingerprint density at radius 3 is 1.22 bits per heavy atom. The van der Waals surface area contributed by atoms with Gasteiger partial charge < -0.3 is 24.6 Å². The van der Waals surface area contributed by atoms with E-state index >= 15 is 0 Å². The number of carbonyl (C=O) groups is 2. The molecule has 59 heavy (non-hydrogen) atoms. The second kappa shape index (κ2) is 44.8. The largest absolute Gasteiger partial charge is 0.472 e. The molecule has 0 heterocycles. The highest BCUT2D eigenvalue weighted by Gasteiger charge is 2.27. The van der Waals surface area contributed by atoms with Crippen molar-refractivity contribution in [3.05, 3.63) is 12.2 Å². The van der Waals surface area contributed by atoms with Crippen molar-refractivity contribution in [2.75, 3.05) is 26.4 Å². The number of phosphoric acid groups is 1. The average molecular weight is 861 g/mol. The number of unbranched alkanes of at least 4 members (excludes halogenated alkanes) is 31. The summed E-state index contributed by atoms with van der Waals surface area (Å²) >= 11 is 0. The molecule has 0 saturated heterocycles. The van der Waals surface area contributed by atoms with Crippen LogP contribution < -0.4 is 0 Å². The zero-order valence-corrected chi connectivity index (χ0v) is 39.1. The highest BCUT2D eigenvalue weighted by atomic mass is 31.2. The Kier molecular flexibility index (Phi) is 43.8. The van der Waals surface area contributed by atoms with Crippen molar-refractivity contribution in [1.29, 1.82) is 0 Å². The molecular formula is C48H93O10P. The molecule has 0 aliphatic heterocycles. The Morgan fingerprint density at radius 1 is 0.492 bits per heavy atom. The monoisotopic (exact) mass is 861 g/mol. The van der Waals surface area contributed by atoms with Crippen LogP contribution in [0.2, 0.25) is 0 Å². The van der Waals surface area contributed by atoms with E-state index in [0.717, 1.165) is 38.5 Å². The first-order valence-electron chi connectivity index (χ1n) is 24.6. The van der Waals surface area contributed by atoms with E-state index in [-0.39, 0.29) is 19.4 Å². The number of carbonyl (C=O) groups excluding carboxylic acids is 2. The van der Waals surface area contributed by atoms with Crippen LogP contribution in [0, 0.1) is 0 Å². The lowest BCUT2D eigenvalue weighted by Gasteiger charge is -2.20. The zero-order valence-electron chi connectivity index (χ0n) is 38.2. The third-order valence-electron chi connectivity index (χ3n) is 10.9. The number of esters is 2. The first-order chi connectivity index (χ1) is 28.7. The van der Waals surface area contributed by atoms with Crippen molar-refractivity contribution in [3.63, 3.8) is 0 Å². The molecule has 0 rings (SSSR count). The molecule has 0 aliphatic carbocycles. The van der Waals surface area contributed by atoms with Gasteiger partial charge in [0.1, 0.15) is 12.7 Å². The Labute approximate surface area is 362 Å². The van der Waals surface area contributed by atoms with E-state index in [9.17, 15) is 24.2 Å². The molecule has 3 unspecified atom stereocenters. The smallest absolute Gasteiger partial charge is 0.462 e. The average Bonchev–Trinajstić information content (AvgIpc) is 3.22.